The second kappa shape index (κ2) is 5.88. The molecule has 2 amide bonds. The molecule has 1 aromatic heterocycles. The van der Waals surface area contributed by atoms with Crippen LogP contribution >= 0.6 is 0 Å². The standard InChI is InChI=1S/C13H18N2O4/c16-9-13(3-4-13)8-15-11(17)1-5-14-12(18)10-2-6-19-7-10/h2,6-7,16H,1,3-5,8-9H2,(H,14,18)(H,15,17). The molecule has 0 atom stereocenters. The molecule has 19 heavy (non-hydrogen) atoms. The van der Waals surface area contributed by atoms with Crippen LogP contribution < -0.4 is 10.6 Å². The summed E-state index contributed by atoms with van der Waals surface area (Å²) in [5.74, 6) is -0.372. The van der Waals surface area contributed by atoms with Gasteiger partial charge in [-0.3, -0.25) is 9.59 Å². The number of amides is 2. The highest BCUT2D eigenvalue weighted by Gasteiger charge is 2.41. The normalized spacial score (nSPS) is 15.8. The molecular formula is C13H18N2O4. The molecule has 0 saturated heterocycles. The second-order valence-corrected chi connectivity index (χ2v) is 4.95. The minimum Gasteiger partial charge on any atom is -0.472 e. The molecule has 0 spiro atoms. The molecule has 104 valence electrons. The Bertz CT molecular complexity index is 438. The smallest absolute Gasteiger partial charge is 0.254 e. The molecule has 6 heteroatoms. The third kappa shape index (κ3) is 3.82. The molecule has 1 heterocycles. The zero-order chi connectivity index (χ0) is 13.7. The lowest BCUT2D eigenvalue weighted by atomic mass is 10.1. The number of rotatable bonds is 7. The topological polar surface area (TPSA) is 91.6 Å². The summed E-state index contributed by atoms with van der Waals surface area (Å²) < 4.78 is 4.79. The number of aliphatic hydroxyl groups is 1. The van der Waals surface area contributed by atoms with E-state index in [0.717, 1.165) is 12.8 Å². The number of hydrogen-bond donors (Lipinski definition) is 3. The zero-order valence-corrected chi connectivity index (χ0v) is 10.6. The fourth-order valence-corrected chi connectivity index (χ4v) is 1.73. The van der Waals surface area contributed by atoms with Gasteiger partial charge in [-0.1, -0.05) is 0 Å². The molecule has 0 aromatic carbocycles. The molecule has 0 radical (unpaired) electrons. The van der Waals surface area contributed by atoms with Crippen molar-refractivity contribution in [2.75, 3.05) is 19.7 Å². The minimum atomic E-state index is -0.254. The van der Waals surface area contributed by atoms with Gasteiger partial charge in [0, 0.05) is 24.9 Å². The molecule has 1 aliphatic rings. The summed E-state index contributed by atoms with van der Waals surface area (Å²) in [7, 11) is 0. The van der Waals surface area contributed by atoms with Crippen molar-refractivity contribution in [1.82, 2.24) is 10.6 Å². The van der Waals surface area contributed by atoms with Crippen LogP contribution in [-0.2, 0) is 4.79 Å². The average Bonchev–Trinajstić information content (AvgIpc) is 2.98. The van der Waals surface area contributed by atoms with E-state index in [0.29, 0.717) is 12.1 Å². The van der Waals surface area contributed by atoms with Gasteiger partial charge < -0.3 is 20.2 Å². The first-order valence-corrected chi connectivity index (χ1v) is 6.33. The van der Waals surface area contributed by atoms with Gasteiger partial charge in [0.05, 0.1) is 18.4 Å². The summed E-state index contributed by atoms with van der Waals surface area (Å²) in [6.45, 7) is 0.907. The van der Waals surface area contributed by atoms with Gasteiger partial charge in [-0.05, 0) is 18.9 Å². The molecule has 1 saturated carbocycles. The first-order chi connectivity index (χ1) is 9.15. The molecule has 1 aromatic rings. The number of carbonyl (C=O) groups excluding carboxylic acids is 2. The molecule has 6 nitrogen and oxygen atoms in total. The Morgan fingerprint density at radius 3 is 2.74 bits per heavy atom. The Kier molecular flexibility index (Phi) is 4.21. The van der Waals surface area contributed by atoms with Crippen LogP contribution in [0.5, 0.6) is 0 Å². The Labute approximate surface area is 111 Å². The van der Waals surface area contributed by atoms with Crippen LogP contribution in [0.25, 0.3) is 0 Å². The van der Waals surface area contributed by atoms with Crippen molar-refractivity contribution in [3.63, 3.8) is 0 Å². The first kappa shape index (κ1) is 13.6. The van der Waals surface area contributed by atoms with Gasteiger partial charge in [0.25, 0.3) is 5.91 Å². The van der Waals surface area contributed by atoms with Gasteiger partial charge in [0.1, 0.15) is 6.26 Å². The highest BCUT2D eigenvalue weighted by Crippen LogP contribution is 2.44. The summed E-state index contributed by atoms with van der Waals surface area (Å²) in [6.07, 6.45) is 4.92. The van der Waals surface area contributed by atoms with E-state index in [2.05, 4.69) is 10.6 Å². The molecule has 1 aliphatic carbocycles. The van der Waals surface area contributed by atoms with Crippen LogP contribution in [0.3, 0.4) is 0 Å². The predicted octanol–water partition coefficient (Wildman–Crippen LogP) is 0.288. The van der Waals surface area contributed by atoms with Gasteiger partial charge in [-0.15, -0.1) is 0 Å². The van der Waals surface area contributed by atoms with E-state index < -0.39 is 0 Å². The largest absolute Gasteiger partial charge is 0.472 e. The fraction of sp³-hybridized carbons (Fsp3) is 0.538. The maximum atomic E-state index is 11.5. The van der Waals surface area contributed by atoms with Crippen molar-refractivity contribution in [3.8, 4) is 0 Å². The summed E-state index contributed by atoms with van der Waals surface area (Å²) >= 11 is 0. The highest BCUT2D eigenvalue weighted by atomic mass is 16.3. The fourth-order valence-electron chi connectivity index (χ4n) is 1.73. The summed E-state index contributed by atoms with van der Waals surface area (Å²) in [6, 6.07) is 1.56. The lowest BCUT2D eigenvalue weighted by Crippen LogP contribution is -2.34. The molecule has 3 N–H and O–H groups in total. The number of furan rings is 1. The zero-order valence-electron chi connectivity index (χ0n) is 10.6. The van der Waals surface area contributed by atoms with Crippen LogP contribution in [0.4, 0.5) is 0 Å². The predicted molar refractivity (Wildman–Crippen MR) is 67.4 cm³/mol. The van der Waals surface area contributed by atoms with Crippen LogP contribution in [0, 0.1) is 5.41 Å². The number of carbonyl (C=O) groups is 2. The maximum Gasteiger partial charge on any atom is 0.254 e. The Balaban J connectivity index is 1.60. The third-order valence-electron chi connectivity index (χ3n) is 3.37. The third-order valence-corrected chi connectivity index (χ3v) is 3.37. The Hall–Kier alpha value is -1.82. The highest BCUT2D eigenvalue weighted by molar-refractivity contribution is 5.93. The van der Waals surface area contributed by atoms with Gasteiger partial charge in [0.2, 0.25) is 5.91 Å². The van der Waals surface area contributed by atoms with Crippen LogP contribution in [0.1, 0.15) is 29.6 Å². The molecular weight excluding hydrogens is 248 g/mol. The summed E-state index contributed by atoms with van der Waals surface area (Å²) in [5, 5.41) is 14.5. The first-order valence-electron chi connectivity index (χ1n) is 6.33. The molecule has 0 unspecified atom stereocenters. The van der Waals surface area contributed by atoms with E-state index in [4.69, 9.17) is 9.52 Å². The molecule has 1 fully saturated rings. The molecule has 0 aliphatic heterocycles. The van der Waals surface area contributed by atoms with E-state index in [1.54, 1.807) is 6.07 Å². The van der Waals surface area contributed by atoms with E-state index in [9.17, 15) is 9.59 Å². The monoisotopic (exact) mass is 266 g/mol. The Morgan fingerprint density at radius 2 is 2.16 bits per heavy atom. The molecule has 0 bridgehead atoms. The quantitative estimate of drug-likeness (QED) is 0.661. The van der Waals surface area contributed by atoms with E-state index in [-0.39, 0.29) is 36.8 Å². The van der Waals surface area contributed by atoms with Crippen molar-refractivity contribution in [2.24, 2.45) is 5.41 Å². The second-order valence-electron chi connectivity index (χ2n) is 4.95. The number of hydrogen-bond acceptors (Lipinski definition) is 4. The van der Waals surface area contributed by atoms with Crippen molar-refractivity contribution in [2.45, 2.75) is 19.3 Å². The summed E-state index contributed by atoms with van der Waals surface area (Å²) in [4.78, 5) is 23.1. The van der Waals surface area contributed by atoms with Crippen LogP contribution in [0.15, 0.2) is 23.0 Å². The number of nitrogens with one attached hydrogen (secondary N) is 2. The van der Waals surface area contributed by atoms with E-state index in [1.807, 2.05) is 0 Å². The summed E-state index contributed by atoms with van der Waals surface area (Å²) in [5.41, 5.74) is 0.355. The van der Waals surface area contributed by atoms with Crippen molar-refractivity contribution in [1.29, 1.82) is 0 Å². The van der Waals surface area contributed by atoms with Crippen LogP contribution in [0.2, 0.25) is 0 Å². The van der Waals surface area contributed by atoms with Crippen molar-refractivity contribution in [3.05, 3.63) is 24.2 Å². The Morgan fingerprint density at radius 1 is 1.37 bits per heavy atom. The van der Waals surface area contributed by atoms with Gasteiger partial charge in [-0.25, -0.2) is 0 Å². The average molecular weight is 266 g/mol. The van der Waals surface area contributed by atoms with E-state index >= 15 is 0 Å². The maximum absolute atomic E-state index is 11.5. The SMILES string of the molecule is O=C(CCNC(=O)c1ccoc1)NCC1(CO)CC1. The van der Waals surface area contributed by atoms with Crippen molar-refractivity contribution < 1.29 is 19.1 Å². The molecule has 2 rings (SSSR count). The van der Waals surface area contributed by atoms with Gasteiger partial charge in [0.15, 0.2) is 0 Å². The number of aliphatic hydroxyl groups excluding tert-OH is 1. The van der Waals surface area contributed by atoms with Crippen LogP contribution in [-0.4, -0.2) is 36.6 Å². The van der Waals surface area contributed by atoms with E-state index in [1.165, 1.54) is 12.5 Å². The van der Waals surface area contributed by atoms with Crippen molar-refractivity contribution >= 4 is 11.8 Å². The lowest BCUT2D eigenvalue weighted by Gasteiger charge is -2.12. The lowest BCUT2D eigenvalue weighted by molar-refractivity contribution is -0.121. The van der Waals surface area contributed by atoms with Gasteiger partial charge >= 0.3 is 0 Å². The minimum absolute atomic E-state index is 0.0876. The van der Waals surface area contributed by atoms with Gasteiger partial charge in [-0.2, -0.15) is 0 Å².